The molecule has 2 nitrogen and oxygen atoms in total. The zero-order valence-corrected chi connectivity index (χ0v) is 4.05. The van der Waals surface area contributed by atoms with Crippen molar-refractivity contribution in [1.82, 2.24) is 10.2 Å². The SMILES string of the molecule is [2H]c1ccc(C)nn1. The number of hydrogen-bond donors (Lipinski definition) is 0. The molecule has 0 aliphatic carbocycles. The largest absolute Gasteiger partial charge is 0.159 e. The van der Waals surface area contributed by atoms with Gasteiger partial charge in [-0.2, -0.15) is 10.2 Å². The number of hydrogen-bond acceptors (Lipinski definition) is 2. The zero-order valence-electron chi connectivity index (χ0n) is 5.05. The van der Waals surface area contributed by atoms with Crippen molar-refractivity contribution in [1.29, 1.82) is 0 Å². The van der Waals surface area contributed by atoms with E-state index >= 15 is 0 Å². The Morgan fingerprint density at radius 3 is 3.14 bits per heavy atom. The molecule has 0 saturated carbocycles. The second kappa shape index (κ2) is 1.69. The van der Waals surface area contributed by atoms with Crippen LogP contribution in [-0.4, -0.2) is 10.2 Å². The summed E-state index contributed by atoms with van der Waals surface area (Å²) in [6, 6.07) is 3.37. The van der Waals surface area contributed by atoms with Crippen molar-refractivity contribution in [2.24, 2.45) is 0 Å². The topological polar surface area (TPSA) is 25.8 Å². The van der Waals surface area contributed by atoms with Crippen molar-refractivity contribution in [2.75, 3.05) is 0 Å². The van der Waals surface area contributed by atoms with E-state index in [-0.39, 0.29) is 6.17 Å². The number of aryl methyl sites for hydroxylation is 1. The van der Waals surface area contributed by atoms with Gasteiger partial charge in [0.05, 0.1) is 7.06 Å². The van der Waals surface area contributed by atoms with Gasteiger partial charge in [0, 0.05) is 6.17 Å². The number of aromatic nitrogens is 2. The first-order valence-electron chi connectivity index (χ1n) is 2.56. The summed E-state index contributed by atoms with van der Waals surface area (Å²) < 4.78 is 6.92. The van der Waals surface area contributed by atoms with Crippen molar-refractivity contribution < 1.29 is 1.37 Å². The summed E-state index contributed by atoms with van der Waals surface area (Å²) in [6.45, 7) is 1.84. The van der Waals surface area contributed by atoms with Gasteiger partial charge in [0.15, 0.2) is 0 Å². The third-order valence-electron chi connectivity index (χ3n) is 0.665. The van der Waals surface area contributed by atoms with Gasteiger partial charge in [-0.3, -0.25) is 0 Å². The predicted octanol–water partition coefficient (Wildman–Crippen LogP) is 0.785. The summed E-state index contributed by atoms with van der Waals surface area (Å²) in [5.74, 6) is 0. The molecule has 0 aliphatic heterocycles. The van der Waals surface area contributed by atoms with Crippen LogP contribution >= 0.6 is 0 Å². The van der Waals surface area contributed by atoms with Crippen molar-refractivity contribution >= 4 is 0 Å². The Balaban J connectivity index is 3.03. The Kier molecular flexibility index (Phi) is 0.754. The molecule has 1 aromatic rings. The lowest BCUT2D eigenvalue weighted by atomic mass is 10.4. The van der Waals surface area contributed by atoms with Gasteiger partial charge in [-0.15, -0.1) is 0 Å². The van der Waals surface area contributed by atoms with Crippen LogP contribution in [0.3, 0.4) is 0 Å². The minimum absolute atomic E-state index is 0.218. The van der Waals surface area contributed by atoms with Gasteiger partial charge in [-0.25, -0.2) is 0 Å². The van der Waals surface area contributed by atoms with E-state index in [0.29, 0.717) is 0 Å². The van der Waals surface area contributed by atoms with Crippen LogP contribution in [0.4, 0.5) is 0 Å². The fourth-order valence-electron chi connectivity index (χ4n) is 0.332. The molecule has 0 bridgehead atoms. The van der Waals surface area contributed by atoms with Gasteiger partial charge in [-0.05, 0) is 19.1 Å². The third-order valence-corrected chi connectivity index (χ3v) is 0.665. The molecule has 0 fully saturated rings. The third kappa shape index (κ3) is 0.961. The van der Waals surface area contributed by atoms with Crippen LogP contribution in [0.1, 0.15) is 7.06 Å². The van der Waals surface area contributed by atoms with E-state index in [0.717, 1.165) is 5.69 Å². The Hall–Kier alpha value is -0.920. The lowest BCUT2D eigenvalue weighted by Crippen LogP contribution is -1.79. The first-order valence-corrected chi connectivity index (χ1v) is 2.06. The first-order chi connectivity index (χ1) is 3.79. The van der Waals surface area contributed by atoms with Crippen LogP contribution in [0.5, 0.6) is 0 Å². The van der Waals surface area contributed by atoms with E-state index in [1.165, 1.54) is 0 Å². The maximum atomic E-state index is 6.92. The maximum Gasteiger partial charge on any atom is 0.0860 e. The smallest absolute Gasteiger partial charge is 0.0860 e. The molecule has 1 heterocycles. The van der Waals surface area contributed by atoms with E-state index in [1.807, 2.05) is 6.92 Å². The van der Waals surface area contributed by atoms with Crippen molar-refractivity contribution in [3.05, 3.63) is 24.0 Å². The lowest BCUT2D eigenvalue weighted by molar-refractivity contribution is 0.980. The van der Waals surface area contributed by atoms with Gasteiger partial charge in [0.25, 0.3) is 0 Å². The molecule has 0 aliphatic rings. The molecule has 0 saturated heterocycles. The van der Waals surface area contributed by atoms with E-state index in [4.69, 9.17) is 1.37 Å². The highest BCUT2D eigenvalue weighted by Crippen LogP contribution is 1.82. The average Bonchev–Trinajstić information content (AvgIpc) is 1.77. The Bertz CT molecular complexity index is 149. The molecule has 0 radical (unpaired) electrons. The predicted molar refractivity (Wildman–Crippen MR) is 26.8 cm³/mol. The highest BCUT2D eigenvalue weighted by Gasteiger charge is 1.74. The Morgan fingerprint density at radius 1 is 1.86 bits per heavy atom. The molecular weight excluding hydrogens is 88.1 g/mol. The van der Waals surface area contributed by atoms with Crippen LogP contribution in [0.25, 0.3) is 0 Å². The molecule has 0 unspecified atom stereocenters. The van der Waals surface area contributed by atoms with Crippen LogP contribution < -0.4 is 0 Å². The minimum atomic E-state index is 0.218. The molecule has 7 heavy (non-hydrogen) atoms. The van der Waals surface area contributed by atoms with Crippen molar-refractivity contribution in [3.63, 3.8) is 0 Å². The van der Waals surface area contributed by atoms with Crippen LogP contribution in [0, 0.1) is 6.92 Å². The Labute approximate surface area is 43.6 Å². The number of nitrogens with zero attached hydrogens (tertiary/aromatic N) is 2. The molecule has 1 rings (SSSR count). The van der Waals surface area contributed by atoms with Gasteiger partial charge >= 0.3 is 0 Å². The fourth-order valence-corrected chi connectivity index (χ4v) is 0.332. The molecule has 36 valence electrons. The maximum absolute atomic E-state index is 6.92. The summed E-state index contributed by atoms with van der Waals surface area (Å²) in [4.78, 5) is 0. The van der Waals surface area contributed by atoms with Crippen LogP contribution in [-0.2, 0) is 0 Å². The van der Waals surface area contributed by atoms with Gasteiger partial charge in [0.1, 0.15) is 0 Å². The minimum Gasteiger partial charge on any atom is -0.159 e. The van der Waals surface area contributed by atoms with E-state index in [2.05, 4.69) is 10.2 Å². The van der Waals surface area contributed by atoms with Gasteiger partial charge in [-0.1, -0.05) is 0 Å². The highest BCUT2D eigenvalue weighted by atomic mass is 15.1. The molecule has 0 aromatic carbocycles. The normalized spacial score (nSPS) is 10.7. The summed E-state index contributed by atoms with van der Waals surface area (Å²) in [6.07, 6.45) is 0.218. The fraction of sp³-hybridized carbons (Fsp3) is 0.200. The van der Waals surface area contributed by atoms with Gasteiger partial charge in [0.2, 0.25) is 0 Å². The summed E-state index contributed by atoms with van der Waals surface area (Å²) in [5, 5.41) is 7.14. The summed E-state index contributed by atoms with van der Waals surface area (Å²) in [7, 11) is 0. The Morgan fingerprint density at radius 2 is 2.71 bits per heavy atom. The van der Waals surface area contributed by atoms with Crippen molar-refractivity contribution in [3.8, 4) is 0 Å². The molecule has 0 atom stereocenters. The molecule has 0 spiro atoms. The van der Waals surface area contributed by atoms with E-state index in [1.54, 1.807) is 12.1 Å². The van der Waals surface area contributed by atoms with Crippen molar-refractivity contribution in [2.45, 2.75) is 6.92 Å². The van der Waals surface area contributed by atoms with Gasteiger partial charge < -0.3 is 0 Å². The van der Waals surface area contributed by atoms with E-state index in [9.17, 15) is 0 Å². The zero-order chi connectivity index (χ0) is 5.98. The monoisotopic (exact) mass is 95.1 g/mol. The standard InChI is InChI=1S/C5H6N2/c1-5-3-2-4-6-7-5/h2-4H,1H3/i4D. The molecular formula is C5H6N2. The van der Waals surface area contributed by atoms with Crippen LogP contribution in [0.2, 0.25) is 0 Å². The lowest BCUT2D eigenvalue weighted by Gasteiger charge is -1.80. The average molecular weight is 95.1 g/mol. The van der Waals surface area contributed by atoms with E-state index < -0.39 is 0 Å². The van der Waals surface area contributed by atoms with Crippen LogP contribution in [0.15, 0.2) is 18.3 Å². The first kappa shape index (κ1) is 3.13. The molecule has 2 heteroatoms. The number of rotatable bonds is 0. The summed E-state index contributed by atoms with van der Waals surface area (Å²) in [5.41, 5.74) is 0.848. The quantitative estimate of drug-likeness (QED) is 0.476. The molecule has 0 amide bonds. The molecule has 1 aromatic heterocycles. The second-order valence-corrected chi connectivity index (χ2v) is 1.30. The highest BCUT2D eigenvalue weighted by molar-refractivity contribution is 4.94. The molecule has 0 N–H and O–H groups in total. The summed E-state index contributed by atoms with van der Waals surface area (Å²) >= 11 is 0. The second-order valence-electron chi connectivity index (χ2n) is 1.30.